The third-order valence-electron chi connectivity index (χ3n) is 1.20. The third kappa shape index (κ3) is 0.903. The fraction of sp³-hybridized carbons (Fsp3) is 0.400. The van der Waals surface area contributed by atoms with Crippen LogP contribution in [-0.2, 0) is 7.05 Å². The summed E-state index contributed by atoms with van der Waals surface area (Å²) in [7, 11) is 3.19. The predicted octanol–water partition coefficient (Wildman–Crippen LogP) is 0.664. The lowest BCUT2D eigenvalue weighted by atomic mass is 10.6. The summed E-state index contributed by atoms with van der Waals surface area (Å²) >= 11 is 5.68. The van der Waals surface area contributed by atoms with Crippen LogP contribution in [0.3, 0.4) is 0 Å². The zero-order valence-electron chi connectivity index (χ0n) is 5.76. The molecular formula is C5H8ClN3O. The second-order valence-corrected chi connectivity index (χ2v) is 2.21. The standard InChI is InChI=1S/C5H8ClN3O/c1-9-4(7)3(6)5(8-9)10-2/h7H2,1-2H3. The van der Waals surface area contributed by atoms with E-state index in [1.54, 1.807) is 7.05 Å². The average Bonchev–Trinajstić information content (AvgIpc) is 2.17. The van der Waals surface area contributed by atoms with Crippen LogP contribution < -0.4 is 10.5 Å². The molecule has 0 aromatic carbocycles. The minimum absolute atomic E-state index is 0.363. The van der Waals surface area contributed by atoms with Crippen LogP contribution in [0.1, 0.15) is 0 Å². The smallest absolute Gasteiger partial charge is 0.253 e. The molecule has 0 unspecified atom stereocenters. The molecule has 2 N–H and O–H groups in total. The molecule has 4 nitrogen and oxygen atoms in total. The van der Waals surface area contributed by atoms with Gasteiger partial charge in [0.1, 0.15) is 10.8 Å². The van der Waals surface area contributed by atoms with Crippen molar-refractivity contribution in [1.29, 1.82) is 0 Å². The van der Waals surface area contributed by atoms with Gasteiger partial charge in [-0.05, 0) is 0 Å². The first-order chi connectivity index (χ1) is 4.66. The van der Waals surface area contributed by atoms with Gasteiger partial charge in [0.25, 0.3) is 5.88 Å². The highest BCUT2D eigenvalue weighted by molar-refractivity contribution is 6.34. The van der Waals surface area contributed by atoms with Crippen molar-refractivity contribution in [1.82, 2.24) is 9.78 Å². The van der Waals surface area contributed by atoms with Crippen molar-refractivity contribution in [2.75, 3.05) is 12.8 Å². The van der Waals surface area contributed by atoms with Crippen LogP contribution in [0.5, 0.6) is 5.88 Å². The average molecular weight is 162 g/mol. The Labute approximate surface area is 63.5 Å². The number of hydrogen-bond donors (Lipinski definition) is 1. The van der Waals surface area contributed by atoms with E-state index in [4.69, 9.17) is 22.1 Å². The quantitative estimate of drug-likeness (QED) is 0.659. The molecule has 1 aromatic heterocycles. The Morgan fingerprint density at radius 3 is 2.50 bits per heavy atom. The van der Waals surface area contributed by atoms with E-state index >= 15 is 0 Å². The van der Waals surface area contributed by atoms with Crippen LogP contribution in [0.15, 0.2) is 0 Å². The predicted molar refractivity (Wildman–Crippen MR) is 39.2 cm³/mol. The highest BCUT2D eigenvalue weighted by atomic mass is 35.5. The third-order valence-corrected chi connectivity index (χ3v) is 1.55. The summed E-state index contributed by atoms with van der Waals surface area (Å²) in [5.74, 6) is 0.778. The minimum atomic E-state index is 0.363. The molecule has 0 amide bonds. The van der Waals surface area contributed by atoms with Crippen molar-refractivity contribution in [3.63, 3.8) is 0 Å². The van der Waals surface area contributed by atoms with Gasteiger partial charge >= 0.3 is 0 Å². The molecule has 0 saturated heterocycles. The fourth-order valence-electron chi connectivity index (χ4n) is 0.616. The summed E-state index contributed by atoms with van der Waals surface area (Å²) in [6.45, 7) is 0. The van der Waals surface area contributed by atoms with Crippen LogP contribution in [0.4, 0.5) is 5.82 Å². The lowest BCUT2D eigenvalue weighted by molar-refractivity contribution is 0.392. The van der Waals surface area contributed by atoms with Crippen LogP contribution in [0.2, 0.25) is 5.02 Å². The molecule has 56 valence electrons. The molecule has 10 heavy (non-hydrogen) atoms. The first-order valence-electron chi connectivity index (χ1n) is 2.68. The second kappa shape index (κ2) is 2.38. The van der Waals surface area contributed by atoms with Gasteiger partial charge in [-0.15, -0.1) is 5.10 Å². The van der Waals surface area contributed by atoms with Gasteiger partial charge in [-0.25, -0.2) is 4.68 Å². The van der Waals surface area contributed by atoms with Gasteiger partial charge in [-0.1, -0.05) is 11.6 Å². The first-order valence-corrected chi connectivity index (χ1v) is 3.06. The normalized spacial score (nSPS) is 9.90. The number of nitrogen functional groups attached to an aromatic ring is 1. The van der Waals surface area contributed by atoms with Crippen molar-refractivity contribution >= 4 is 17.4 Å². The lowest BCUT2D eigenvalue weighted by Crippen LogP contribution is -1.97. The first kappa shape index (κ1) is 7.21. The van der Waals surface area contributed by atoms with Gasteiger partial charge in [0.15, 0.2) is 0 Å². The molecule has 0 radical (unpaired) electrons. The van der Waals surface area contributed by atoms with E-state index in [2.05, 4.69) is 5.10 Å². The van der Waals surface area contributed by atoms with E-state index < -0.39 is 0 Å². The molecule has 1 rings (SSSR count). The molecule has 0 aliphatic carbocycles. The van der Waals surface area contributed by atoms with Crippen molar-refractivity contribution in [3.05, 3.63) is 5.02 Å². The van der Waals surface area contributed by atoms with Crippen LogP contribution >= 0.6 is 11.6 Å². The number of halogens is 1. The molecule has 5 heteroatoms. The molecular weight excluding hydrogens is 154 g/mol. The van der Waals surface area contributed by atoms with Gasteiger partial charge < -0.3 is 10.5 Å². The Hall–Kier alpha value is -0.900. The largest absolute Gasteiger partial charge is 0.479 e. The minimum Gasteiger partial charge on any atom is -0.479 e. The van der Waals surface area contributed by atoms with Gasteiger partial charge in [0, 0.05) is 7.05 Å². The highest BCUT2D eigenvalue weighted by Crippen LogP contribution is 2.27. The lowest BCUT2D eigenvalue weighted by Gasteiger charge is -1.89. The zero-order valence-corrected chi connectivity index (χ0v) is 6.51. The Balaban J connectivity index is 3.17. The zero-order chi connectivity index (χ0) is 7.72. The molecule has 1 aromatic rings. The van der Waals surface area contributed by atoms with Crippen LogP contribution in [-0.4, -0.2) is 16.9 Å². The number of methoxy groups -OCH3 is 1. The molecule has 0 spiro atoms. The maximum Gasteiger partial charge on any atom is 0.253 e. The summed E-state index contributed by atoms with van der Waals surface area (Å²) in [6.07, 6.45) is 0. The SMILES string of the molecule is COc1nn(C)c(N)c1Cl. The summed E-state index contributed by atoms with van der Waals surface area (Å²) in [5, 5.41) is 4.23. The number of anilines is 1. The molecule has 0 fully saturated rings. The van der Waals surface area contributed by atoms with E-state index in [1.165, 1.54) is 11.8 Å². The van der Waals surface area contributed by atoms with Crippen molar-refractivity contribution < 1.29 is 4.74 Å². The summed E-state index contributed by atoms with van der Waals surface area (Å²) < 4.78 is 6.26. The number of aromatic nitrogens is 2. The Morgan fingerprint density at radius 1 is 1.70 bits per heavy atom. The molecule has 0 aliphatic rings. The van der Waals surface area contributed by atoms with Gasteiger partial charge in [-0.2, -0.15) is 0 Å². The number of nitrogens with two attached hydrogens (primary N) is 1. The van der Waals surface area contributed by atoms with E-state index in [-0.39, 0.29) is 0 Å². The van der Waals surface area contributed by atoms with Crippen molar-refractivity contribution in [3.8, 4) is 5.88 Å². The van der Waals surface area contributed by atoms with Crippen LogP contribution in [0.25, 0.3) is 0 Å². The van der Waals surface area contributed by atoms with E-state index in [0.29, 0.717) is 16.7 Å². The molecule has 0 aliphatic heterocycles. The van der Waals surface area contributed by atoms with Gasteiger partial charge in [0.2, 0.25) is 0 Å². The van der Waals surface area contributed by atoms with Crippen molar-refractivity contribution in [2.45, 2.75) is 0 Å². The van der Waals surface area contributed by atoms with Gasteiger partial charge in [-0.3, -0.25) is 0 Å². The number of rotatable bonds is 1. The van der Waals surface area contributed by atoms with Crippen molar-refractivity contribution in [2.24, 2.45) is 7.05 Å². The van der Waals surface area contributed by atoms with E-state index in [1.807, 2.05) is 0 Å². The van der Waals surface area contributed by atoms with E-state index in [9.17, 15) is 0 Å². The second-order valence-electron chi connectivity index (χ2n) is 1.83. The Kier molecular flexibility index (Phi) is 1.72. The molecule has 0 bridgehead atoms. The summed E-state index contributed by atoms with van der Waals surface area (Å²) in [4.78, 5) is 0. The number of ether oxygens (including phenoxy) is 1. The summed E-state index contributed by atoms with van der Waals surface area (Å²) in [5.41, 5.74) is 5.47. The monoisotopic (exact) mass is 161 g/mol. The van der Waals surface area contributed by atoms with Gasteiger partial charge in [0.05, 0.1) is 7.11 Å². The molecule has 0 atom stereocenters. The topological polar surface area (TPSA) is 53.1 Å². The Bertz CT molecular complexity index is 245. The maximum atomic E-state index is 5.68. The van der Waals surface area contributed by atoms with Crippen LogP contribution in [0, 0.1) is 0 Å². The number of hydrogen-bond acceptors (Lipinski definition) is 3. The fourth-order valence-corrected chi connectivity index (χ4v) is 0.853. The Morgan fingerprint density at radius 2 is 2.30 bits per heavy atom. The molecule has 0 saturated carbocycles. The maximum absolute atomic E-state index is 5.68. The van der Waals surface area contributed by atoms with E-state index in [0.717, 1.165) is 0 Å². The number of aryl methyl sites for hydroxylation is 1. The highest BCUT2D eigenvalue weighted by Gasteiger charge is 2.10. The molecule has 1 heterocycles. The number of nitrogens with zero attached hydrogens (tertiary/aromatic N) is 2. The summed E-state index contributed by atoms with van der Waals surface area (Å²) in [6, 6.07) is 0.